The van der Waals surface area contributed by atoms with Gasteiger partial charge in [0, 0.05) is 39.3 Å². The fourth-order valence-electron chi connectivity index (χ4n) is 1.62. The second kappa shape index (κ2) is 4.80. The number of rotatable bonds is 3. The molecule has 1 saturated heterocycles. The van der Waals surface area contributed by atoms with E-state index >= 15 is 0 Å². The molecule has 0 spiro atoms. The monoisotopic (exact) mass is 172 g/mol. The Balaban J connectivity index is 2.22. The van der Waals surface area contributed by atoms with Gasteiger partial charge in [-0.25, -0.2) is 0 Å². The molecule has 3 heteroatoms. The summed E-state index contributed by atoms with van der Waals surface area (Å²) in [5, 5.41) is 3.42. The van der Waals surface area contributed by atoms with E-state index in [2.05, 4.69) is 24.1 Å². The number of hydrogen-bond donors (Lipinski definition) is 1. The summed E-state index contributed by atoms with van der Waals surface area (Å²) in [7, 11) is 1.77. The number of hydrogen-bond acceptors (Lipinski definition) is 3. The van der Waals surface area contributed by atoms with Gasteiger partial charge in [-0.05, 0) is 13.8 Å². The highest BCUT2D eigenvalue weighted by atomic mass is 16.5. The van der Waals surface area contributed by atoms with Crippen LogP contribution in [0.5, 0.6) is 0 Å². The van der Waals surface area contributed by atoms with Crippen LogP contribution in [0.2, 0.25) is 0 Å². The summed E-state index contributed by atoms with van der Waals surface area (Å²) in [5.41, 5.74) is 0. The van der Waals surface area contributed by atoms with E-state index < -0.39 is 0 Å². The third-order valence-electron chi connectivity index (χ3n) is 2.37. The van der Waals surface area contributed by atoms with Gasteiger partial charge in [0.2, 0.25) is 0 Å². The Morgan fingerprint density at radius 1 is 1.67 bits per heavy atom. The van der Waals surface area contributed by atoms with Crippen LogP contribution in [0.15, 0.2) is 0 Å². The summed E-state index contributed by atoms with van der Waals surface area (Å²) in [4.78, 5) is 2.45. The quantitative estimate of drug-likeness (QED) is 0.663. The van der Waals surface area contributed by atoms with Gasteiger partial charge in [-0.2, -0.15) is 0 Å². The molecule has 0 radical (unpaired) electrons. The number of ether oxygens (including phenoxy) is 1. The first-order valence-electron chi connectivity index (χ1n) is 4.71. The molecular weight excluding hydrogens is 152 g/mol. The summed E-state index contributed by atoms with van der Waals surface area (Å²) in [6.07, 6.45) is 0.357. The Hall–Kier alpha value is -0.120. The zero-order valence-corrected chi connectivity index (χ0v) is 8.34. The van der Waals surface area contributed by atoms with Crippen molar-refractivity contribution in [3.05, 3.63) is 0 Å². The van der Waals surface area contributed by atoms with Gasteiger partial charge in [-0.3, -0.25) is 4.90 Å². The molecular formula is C9H20N2O. The zero-order valence-electron chi connectivity index (χ0n) is 8.34. The van der Waals surface area contributed by atoms with E-state index in [1.165, 1.54) is 0 Å². The molecule has 12 heavy (non-hydrogen) atoms. The van der Waals surface area contributed by atoms with Gasteiger partial charge < -0.3 is 10.1 Å². The highest BCUT2D eigenvalue weighted by Crippen LogP contribution is 2.00. The molecule has 0 aliphatic carbocycles. The Kier molecular flexibility index (Phi) is 3.98. The van der Waals surface area contributed by atoms with Crippen molar-refractivity contribution in [2.24, 2.45) is 0 Å². The third kappa shape index (κ3) is 3.09. The van der Waals surface area contributed by atoms with Crippen molar-refractivity contribution >= 4 is 0 Å². The predicted molar refractivity (Wildman–Crippen MR) is 50.4 cm³/mol. The molecule has 2 unspecified atom stereocenters. The second-order valence-electron chi connectivity index (χ2n) is 3.66. The predicted octanol–water partition coefficient (Wildman–Crippen LogP) is 0.315. The maximum Gasteiger partial charge on any atom is 0.0670 e. The van der Waals surface area contributed by atoms with Crippen LogP contribution in [0.1, 0.15) is 13.8 Å². The smallest absolute Gasteiger partial charge is 0.0670 e. The van der Waals surface area contributed by atoms with E-state index in [9.17, 15) is 0 Å². The van der Waals surface area contributed by atoms with Crippen LogP contribution in [-0.2, 0) is 4.74 Å². The molecule has 0 aromatic rings. The molecule has 0 aromatic carbocycles. The molecule has 1 aliphatic heterocycles. The topological polar surface area (TPSA) is 24.5 Å². The van der Waals surface area contributed by atoms with Crippen molar-refractivity contribution in [2.75, 3.05) is 33.3 Å². The van der Waals surface area contributed by atoms with Crippen molar-refractivity contribution in [1.29, 1.82) is 0 Å². The van der Waals surface area contributed by atoms with Gasteiger partial charge in [-0.15, -0.1) is 0 Å². The van der Waals surface area contributed by atoms with Crippen LogP contribution < -0.4 is 5.32 Å². The molecule has 3 nitrogen and oxygen atoms in total. The maximum absolute atomic E-state index is 5.23. The molecule has 0 aromatic heterocycles. The highest BCUT2D eigenvalue weighted by Gasteiger charge is 2.16. The van der Waals surface area contributed by atoms with Crippen LogP contribution in [0, 0.1) is 0 Å². The molecule has 1 aliphatic rings. The normalized spacial score (nSPS) is 28.8. The average molecular weight is 172 g/mol. The molecule has 1 N–H and O–H groups in total. The standard InChI is InChI=1S/C9H20N2O/c1-8-6-11(5-4-10-8)7-9(2)12-3/h8-10H,4-7H2,1-3H3. The van der Waals surface area contributed by atoms with Crippen LogP contribution >= 0.6 is 0 Å². The molecule has 2 atom stereocenters. The van der Waals surface area contributed by atoms with Crippen molar-refractivity contribution in [2.45, 2.75) is 26.0 Å². The fourth-order valence-corrected chi connectivity index (χ4v) is 1.62. The molecule has 1 heterocycles. The fraction of sp³-hybridized carbons (Fsp3) is 1.00. The minimum atomic E-state index is 0.357. The van der Waals surface area contributed by atoms with Crippen LogP contribution in [-0.4, -0.2) is 50.3 Å². The number of nitrogens with zero attached hydrogens (tertiary/aromatic N) is 1. The number of nitrogens with one attached hydrogen (secondary N) is 1. The minimum Gasteiger partial charge on any atom is -0.380 e. The van der Waals surface area contributed by atoms with Gasteiger partial charge >= 0.3 is 0 Å². The second-order valence-corrected chi connectivity index (χ2v) is 3.66. The summed E-state index contributed by atoms with van der Waals surface area (Å²) in [5.74, 6) is 0. The SMILES string of the molecule is COC(C)CN1CCNC(C)C1. The lowest BCUT2D eigenvalue weighted by Gasteiger charge is -2.33. The van der Waals surface area contributed by atoms with Crippen molar-refractivity contribution in [3.63, 3.8) is 0 Å². The van der Waals surface area contributed by atoms with E-state index in [1.54, 1.807) is 7.11 Å². The number of piperazine rings is 1. The summed E-state index contributed by atoms with van der Waals surface area (Å²) in [6, 6.07) is 0.628. The number of methoxy groups -OCH3 is 1. The first kappa shape index (κ1) is 9.96. The minimum absolute atomic E-state index is 0.357. The average Bonchev–Trinajstić information content (AvgIpc) is 2.04. The Bertz CT molecular complexity index is 130. The van der Waals surface area contributed by atoms with Crippen LogP contribution in [0.4, 0.5) is 0 Å². The summed E-state index contributed by atoms with van der Waals surface area (Å²) in [6.45, 7) is 8.81. The van der Waals surface area contributed by atoms with Crippen LogP contribution in [0.25, 0.3) is 0 Å². The lowest BCUT2D eigenvalue weighted by molar-refractivity contribution is 0.0669. The molecule has 0 bridgehead atoms. The van der Waals surface area contributed by atoms with Gasteiger partial charge in [0.25, 0.3) is 0 Å². The lowest BCUT2D eigenvalue weighted by atomic mass is 10.2. The largest absolute Gasteiger partial charge is 0.380 e. The van der Waals surface area contributed by atoms with E-state index in [4.69, 9.17) is 4.74 Å². The van der Waals surface area contributed by atoms with E-state index in [-0.39, 0.29) is 0 Å². The molecule has 1 fully saturated rings. The molecule has 0 saturated carbocycles. The lowest BCUT2D eigenvalue weighted by Crippen LogP contribution is -2.50. The summed E-state index contributed by atoms with van der Waals surface area (Å²) >= 11 is 0. The summed E-state index contributed by atoms with van der Waals surface area (Å²) < 4.78 is 5.23. The van der Waals surface area contributed by atoms with E-state index in [1.807, 2.05) is 0 Å². The third-order valence-corrected chi connectivity index (χ3v) is 2.37. The van der Waals surface area contributed by atoms with Crippen LogP contribution in [0.3, 0.4) is 0 Å². The first-order chi connectivity index (χ1) is 5.72. The zero-order chi connectivity index (χ0) is 8.97. The van der Waals surface area contributed by atoms with E-state index in [0.717, 1.165) is 26.2 Å². The Morgan fingerprint density at radius 3 is 3.00 bits per heavy atom. The van der Waals surface area contributed by atoms with Crippen molar-refractivity contribution < 1.29 is 4.74 Å². The molecule has 0 amide bonds. The molecule has 72 valence electrons. The van der Waals surface area contributed by atoms with Crippen molar-refractivity contribution in [1.82, 2.24) is 10.2 Å². The molecule has 1 rings (SSSR count). The van der Waals surface area contributed by atoms with Gasteiger partial charge in [0.15, 0.2) is 0 Å². The first-order valence-corrected chi connectivity index (χ1v) is 4.71. The van der Waals surface area contributed by atoms with Crippen molar-refractivity contribution in [3.8, 4) is 0 Å². The Morgan fingerprint density at radius 2 is 2.42 bits per heavy atom. The van der Waals surface area contributed by atoms with Gasteiger partial charge in [0.1, 0.15) is 0 Å². The van der Waals surface area contributed by atoms with Gasteiger partial charge in [0.05, 0.1) is 6.10 Å². The maximum atomic E-state index is 5.23. The highest BCUT2D eigenvalue weighted by molar-refractivity contribution is 4.75. The van der Waals surface area contributed by atoms with E-state index in [0.29, 0.717) is 12.1 Å². The van der Waals surface area contributed by atoms with Gasteiger partial charge in [-0.1, -0.05) is 0 Å². The Labute approximate surface area is 75.1 Å².